The smallest absolute Gasteiger partial charge is 0.255 e. The summed E-state index contributed by atoms with van der Waals surface area (Å²) in [5.41, 5.74) is 1.50. The number of pyridine rings is 1. The van der Waals surface area contributed by atoms with E-state index in [2.05, 4.69) is 9.88 Å². The monoisotopic (exact) mass is 382 g/mol. The average molecular weight is 382 g/mol. The summed E-state index contributed by atoms with van der Waals surface area (Å²) in [7, 11) is 0. The first kappa shape index (κ1) is 18.6. The summed E-state index contributed by atoms with van der Waals surface area (Å²) in [4.78, 5) is 35.6. The molecule has 6 nitrogen and oxygen atoms in total. The second-order valence-electron chi connectivity index (χ2n) is 7.26. The molecule has 1 aromatic carbocycles. The molecule has 28 heavy (non-hydrogen) atoms. The zero-order chi connectivity index (χ0) is 19.5. The SMILES string of the molecule is O=C(c1cccnc1)N1CCC2C(=O)N(Cc3ccc(F)cc3)CCN2CC1. The molecule has 4 rings (SSSR count). The molecule has 0 aliphatic carbocycles. The summed E-state index contributed by atoms with van der Waals surface area (Å²) < 4.78 is 13.1. The quantitative estimate of drug-likeness (QED) is 0.812. The largest absolute Gasteiger partial charge is 0.337 e. The molecule has 2 aliphatic rings. The van der Waals surface area contributed by atoms with Crippen LogP contribution in [0.1, 0.15) is 22.3 Å². The van der Waals surface area contributed by atoms with Gasteiger partial charge in [-0.2, -0.15) is 0 Å². The lowest BCUT2D eigenvalue weighted by Crippen LogP contribution is -2.56. The fourth-order valence-electron chi connectivity index (χ4n) is 3.94. The predicted octanol–water partition coefficient (Wildman–Crippen LogP) is 1.78. The topological polar surface area (TPSA) is 56.8 Å². The highest BCUT2D eigenvalue weighted by molar-refractivity contribution is 5.94. The fraction of sp³-hybridized carbons (Fsp3) is 0.381. The molecule has 2 fully saturated rings. The first-order valence-corrected chi connectivity index (χ1v) is 9.58. The molecular formula is C21H23FN4O2. The van der Waals surface area contributed by atoms with Gasteiger partial charge < -0.3 is 9.80 Å². The van der Waals surface area contributed by atoms with E-state index in [0.717, 1.165) is 12.1 Å². The van der Waals surface area contributed by atoms with Crippen LogP contribution in [0, 0.1) is 5.82 Å². The number of carbonyl (C=O) groups excluding carboxylic acids is 2. The third-order valence-electron chi connectivity index (χ3n) is 5.51. The molecule has 0 bridgehead atoms. The maximum Gasteiger partial charge on any atom is 0.255 e. The Morgan fingerprint density at radius 1 is 1.07 bits per heavy atom. The van der Waals surface area contributed by atoms with Crippen LogP contribution in [0.3, 0.4) is 0 Å². The van der Waals surface area contributed by atoms with Gasteiger partial charge in [0.2, 0.25) is 5.91 Å². The van der Waals surface area contributed by atoms with E-state index < -0.39 is 0 Å². The number of hydrogen-bond acceptors (Lipinski definition) is 4. The maximum absolute atomic E-state index is 13.1. The second kappa shape index (κ2) is 8.06. The van der Waals surface area contributed by atoms with Crippen molar-refractivity contribution in [3.05, 3.63) is 65.7 Å². The number of benzene rings is 1. The maximum atomic E-state index is 13.1. The standard InChI is InChI=1S/C21H23FN4O2/c22-18-5-3-16(4-6-18)15-26-13-11-24-10-12-25(9-7-19(24)21(26)28)20(27)17-2-1-8-23-14-17/h1-6,8,14,19H,7,9-13,15H2. The molecular weight excluding hydrogens is 359 g/mol. The lowest BCUT2D eigenvalue weighted by atomic mass is 10.1. The van der Waals surface area contributed by atoms with E-state index in [1.165, 1.54) is 12.1 Å². The molecule has 1 unspecified atom stereocenters. The molecule has 2 aromatic rings. The van der Waals surface area contributed by atoms with Crippen LogP contribution in [0.5, 0.6) is 0 Å². The molecule has 1 atom stereocenters. The molecule has 1 aromatic heterocycles. The van der Waals surface area contributed by atoms with Gasteiger partial charge in [-0.25, -0.2) is 4.39 Å². The van der Waals surface area contributed by atoms with Gasteiger partial charge in [0.25, 0.3) is 5.91 Å². The van der Waals surface area contributed by atoms with Gasteiger partial charge in [0.1, 0.15) is 5.82 Å². The number of nitrogens with zero attached hydrogens (tertiary/aromatic N) is 4. The third kappa shape index (κ3) is 3.89. The first-order chi connectivity index (χ1) is 13.6. The molecule has 0 N–H and O–H groups in total. The van der Waals surface area contributed by atoms with Crippen LogP contribution in [0.25, 0.3) is 0 Å². The number of fused-ring (bicyclic) bond motifs is 1. The number of piperazine rings is 1. The molecule has 7 heteroatoms. The average Bonchev–Trinajstić information content (AvgIpc) is 2.95. The fourth-order valence-corrected chi connectivity index (χ4v) is 3.94. The molecule has 2 saturated heterocycles. The normalized spacial score (nSPS) is 20.6. The molecule has 0 spiro atoms. The molecule has 0 saturated carbocycles. The van der Waals surface area contributed by atoms with E-state index in [9.17, 15) is 14.0 Å². The van der Waals surface area contributed by atoms with Gasteiger partial charge in [-0.15, -0.1) is 0 Å². The number of halogens is 1. The van der Waals surface area contributed by atoms with Gasteiger partial charge in [0.05, 0.1) is 11.6 Å². The van der Waals surface area contributed by atoms with Crippen LogP contribution in [-0.2, 0) is 11.3 Å². The van der Waals surface area contributed by atoms with Gasteiger partial charge in [-0.05, 0) is 36.2 Å². The highest BCUT2D eigenvalue weighted by Crippen LogP contribution is 2.21. The van der Waals surface area contributed by atoms with Crippen molar-refractivity contribution < 1.29 is 14.0 Å². The van der Waals surface area contributed by atoms with Crippen molar-refractivity contribution in [2.45, 2.75) is 19.0 Å². The minimum Gasteiger partial charge on any atom is -0.337 e. The van der Waals surface area contributed by atoms with Crippen molar-refractivity contribution in [1.29, 1.82) is 0 Å². The molecule has 3 heterocycles. The highest BCUT2D eigenvalue weighted by atomic mass is 19.1. The lowest BCUT2D eigenvalue weighted by molar-refractivity contribution is -0.142. The Morgan fingerprint density at radius 2 is 1.86 bits per heavy atom. The minimum atomic E-state index is -0.276. The third-order valence-corrected chi connectivity index (χ3v) is 5.51. The number of rotatable bonds is 3. The number of hydrogen-bond donors (Lipinski definition) is 0. The van der Waals surface area contributed by atoms with E-state index in [0.29, 0.717) is 44.7 Å². The summed E-state index contributed by atoms with van der Waals surface area (Å²) in [6, 6.07) is 9.59. The van der Waals surface area contributed by atoms with Crippen molar-refractivity contribution in [1.82, 2.24) is 19.7 Å². The molecule has 0 radical (unpaired) electrons. The van der Waals surface area contributed by atoms with E-state index in [1.807, 2.05) is 9.80 Å². The van der Waals surface area contributed by atoms with E-state index in [-0.39, 0.29) is 23.7 Å². The number of aromatic nitrogens is 1. The Labute approximate surface area is 163 Å². The van der Waals surface area contributed by atoms with Crippen LogP contribution in [0.4, 0.5) is 4.39 Å². The Kier molecular flexibility index (Phi) is 5.34. The Balaban J connectivity index is 1.42. The highest BCUT2D eigenvalue weighted by Gasteiger charge is 2.37. The van der Waals surface area contributed by atoms with E-state index in [4.69, 9.17) is 0 Å². The van der Waals surface area contributed by atoms with Crippen molar-refractivity contribution in [3.8, 4) is 0 Å². The summed E-state index contributed by atoms with van der Waals surface area (Å²) >= 11 is 0. The van der Waals surface area contributed by atoms with Gasteiger partial charge in [0, 0.05) is 51.7 Å². The van der Waals surface area contributed by atoms with Crippen molar-refractivity contribution in [3.63, 3.8) is 0 Å². The zero-order valence-electron chi connectivity index (χ0n) is 15.6. The zero-order valence-corrected chi connectivity index (χ0v) is 15.6. The summed E-state index contributed by atoms with van der Waals surface area (Å²) in [5.74, 6) is -0.225. The van der Waals surface area contributed by atoms with Gasteiger partial charge >= 0.3 is 0 Å². The van der Waals surface area contributed by atoms with E-state index >= 15 is 0 Å². The lowest BCUT2D eigenvalue weighted by Gasteiger charge is -2.39. The Hall–Kier alpha value is -2.80. The molecule has 2 amide bonds. The predicted molar refractivity (Wildman–Crippen MR) is 102 cm³/mol. The van der Waals surface area contributed by atoms with Gasteiger partial charge in [-0.3, -0.25) is 19.5 Å². The van der Waals surface area contributed by atoms with Crippen LogP contribution >= 0.6 is 0 Å². The van der Waals surface area contributed by atoms with Crippen molar-refractivity contribution >= 4 is 11.8 Å². The Bertz CT molecular complexity index is 843. The Morgan fingerprint density at radius 3 is 2.61 bits per heavy atom. The molecule has 2 aliphatic heterocycles. The number of amides is 2. The first-order valence-electron chi connectivity index (χ1n) is 9.58. The van der Waals surface area contributed by atoms with Crippen LogP contribution in [0.2, 0.25) is 0 Å². The van der Waals surface area contributed by atoms with Crippen LogP contribution < -0.4 is 0 Å². The second-order valence-corrected chi connectivity index (χ2v) is 7.26. The van der Waals surface area contributed by atoms with E-state index in [1.54, 1.807) is 36.7 Å². The van der Waals surface area contributed by atoms with Gasteiger partial charge in [-0.1, -0.05) is 12.1 Å². The summed E-state index contributed by atoms with van der Waals surface area (Å²) in [6.45, 7) is 3.75. The van der Waals surface area contributed by atoms with Crippen LogP contribution in [-0.4, -0.2) is 70.3 Å². The van der Waals surface area contributed by atoms with Crippen molar-refractivity contribution in [2.24, 2.45) is 0 Å². The number of carbonyl (C=O) groups is 2. The molecule has 146 valence electrons. The van der Waals surface area contributed by atoms with Crippen LogP contribution in [0.15, 0.2) is 48.8 Å². The summed E-state index contributed by atoms with van der Waals surface area (Å²) in [5, 5.41) is 0. The minimum absolute atomic E-state index is 0.0384. The van der Waals surface area contributed by atoms with Gasteiger partial charge in [0.15, 0.2) is 0 Å². The summed E-state index contributed by atoms with van der Waals surface area (Å²) in [6.07, 6.45) is 3.84. The van der Waals surface area contributed by atoms with Crippen molar-refractivity contribution in [2.75, 3.05) is 32.7 Å².